The molecule has 0 saturated carbocycles. The molecule has 2 rings (SSSR count). The number of halogens is 1. The van der Waals surface area contributed by atoms with E-state index in [0.717, 1.165) is 17.0 Å². The maximum Gasteiger partial charge on any atom is 0.128 e. The number of aryl methyl sites for hydroxylation is 1. The molecular formula is C17H20FNO. The predicted molar refractivity (Wildman–Crippen MR) is 80.7 cm³/mol. The fourth-order valence-corrected chi connectivity index (χ4v) is 1.91. The van der Waals surface area contributed by atoms with Gasteiger partial charge in [0.15, 0.2) is 0 Å². The van der Waals surface area contributed by atoms with Gasteiger partial charge in [-0.2, -0.15) is 0 Å². The summed E-state index contributed by atoms with van der Waals surface area (Å²) in [6, 6.07) is 13.1. The van der Waals surface area contributed by atoms with Crippen LogP contribution in [0.2, 0.25) is 0 Å². The lowest BCUT2D eigenvalue weighted by molar-refractivity contribution is 0.242. The molecule has 0 saturated heterocycles. The molecule has 2 nitrogen and oxygen atoms in total. The molecule has 0 aliphatic carbocycles. The molecule has 0 atom stereocenters. The van der Waals surface area contributed by atoms with E-state index in [1.165, 1.54) is 6.07 Å². The summed E-state index contributed by atoms with van der Waals surface area (Å²) in [6.07, 6.45) is 0.157. The Morgan fingerprint density at radius 2 is 1.95 bits per heavy atom. The van der Waals surface area contributed by atoms with E-state index in [-0.39, 0.29) is 11.9 Å². The Bertz CT molecular complexity index is 581. The number of hydrogen-bond donors (Lipinski definition) is 1. The summed E-state index contributed by atoms with van der Waals surface area (Å²) in [5, 5.41) is 3.21. The van der Waals surface area contributed by atoms with Gasteiger partial charge in [0.05, 0.1) is 6.10 Å². The second-order valence-electron chi connectivity index (χ2n) is 5.13. The normalized spacial score (nSPS) is 10.7. The first kappa shape index (κ1) is 14.4. The summed E-state index contributed by atoms with van der Waals surface area (Å²) in [5.41, 5.74) is 2.54. The fraction of sp³-hybridized carbons (Fsp3) is 0.294. The van der Waals surface area contributed by atoms with E-state index in [1.54, 1.807) is 13.0 Å². The van der Waals surface area contributed by atoms with Gasteiger partial charge in [-0.25, -0.2) is 4.39 Å². The molecule has 0 amide bonds. The second-order valence-corrected chi connectivity index (χ2v) is 5.13. The molecule has 0 aromatic heterocycles. The second kappa shape index (κ2) is 6.42. The van der Waals surface area contributed by atoms with Crippen LogP contribution in [0.25, 0.3) is 0 Å². The van der Waals surface area contributed by atoms with Crippen molar-refractivity contribution in [2.45, 2.75) is 33.4 Å². The summed E-state index contributed by atoms with van der Waals surface area (Å²) in [7, 11) is 0. The Morgan fingerprint density at radius 3 is 2.65 bits per heavy atom. The Labute approximate surface area is 119 Å². The molecule has 0 aliphatic heterocycles. The van der Waals surface area contributed by atoms with Gasteiger partial charge in [0, 0.05) is 12.2 Å². The standard InChI is InChI=1S/C17H20FNO/c1-12(2)20-16-6-4-5-14(9-16)11-19-15-8-7-13(3)17(18)10-15/h4-10,12,19H,11H2,1-3H3. The van der Waals surface area contributed by atoms with Crippen molar-refractivity contribution in [1.29, 1.82) is 0 Å². The lowest BCUT2D eigenvalue weighted by atomic mass is 10.2. The van der Waals surface area contributed by atoms with Crippen molar-refractivity contribution in [2.75, 3.05) is 5.32 Å². The summed E-state index contributed by atoms with van der Waals surface area (Å²) in [6.45, 7) is 6.39. The van der Waals surface area contributed by atoms with E-state index >= 15 is 0 Å². The van der Waals surface area contributed by atoms with Crippen LogP contribution in [0.15, 0.2) is 42.5 Å². The van der Waals surface area contributed by atoms with Crippen LogP contribution in [0.1, 0.15) is 25.0 Å². The average molecular weight is 273 g/mol. The summed E-state index contributed by atoms with van der Waals surface area (Å²) >= 11 is 0. The van der Waals surface area contributed by atoms with E-state index in [4.69, 9.17) is 4.74 Å². The Morgan fingerprint density at radius 1 is 1.15 bits per heavy atom. The van der Waals surface area contributed by atoms with Crippen LogP contribution in [0, 0.1) is 12.7 Å². The minimum atomic E-state index is -0.188. The van der Waals surface area contributed by atoms with Crippen LogP contribution in [-0.4, -0.2) is 6.10 Å². The molecule has 1 N–H and O–H groups in total. The molecule has 0 unspecified atom stereocenters. The highest BCUT2D eigenvalue weighted by Gasteiger charge is 2.01. The molecule has 0 aliphatic rings. The Kier molecular flexibility index (Phi) is 4.61. The highest BCUT2D eigenvalue weighted by Crippen LogP contribution is 2.18. The summed E-state index contributed by atoms with van der Waals surface area (Å²) < 4.78 is 19.1. The molecule has 3 heteroatoms. The van der Waals surface area contributed by atoms with Crippen LogP contribution in [-0.2, 0) is 6.54 Å². The molecule has 0 radical (unpaired) electrons. The maximum atomic E-state index is 13.5. The minimum absolute atomic E-state index is 0.157. The van der Waals surface area contributed by atoms with Gasteiger partial charge < -0.3 is 10.1 Å². The SMILES string of the molecule is Cc1ccc(NCc2cccc(OC(C)C)c2)cc1F. The van der Waals surface area contributed by atoms with Crippen molar-refractivity contribution in [3.8, 4) is 5.75 Å². The summed E-state index contributed by atoms with van der Waals surface area (Å²) in [5.74, 6) is 0.668. The molecule has 0 bridgehead atoms. The maximum absolute atomic E-state index is 13.5. The van der Waals surface area contributed by atoms with Crippen molar-refractivity contribution in [2.24, 2.45) is 0 Å². The lowest BCUT2D eigenvalue weighted by Crippen LogP contribution is -2.06. The van der Waals surface area contributed by atoms with Gasteiger partial charge in [0.25, 0.3) is 0 Å². The lowest BCUT2D eigenvalue weighted by Gasteiger charge is -2.12. The van der Waals surface area contributed by atoms with Crippen LogP contribution in [0.4, 0.5) is 10.1 Å². The molecule has 0 fully saturated rings. The van der Waals surface area contributed by atoms with Crippen molar-refractivity contribution in [3.63, 3.8) is 0 Å². The smallest absolute Gasteiger partial charge is 0.128 e. The van der Waals surface area contributed by atoms with Crippen LogP contribution in [0.5, 0.6) is 5.75 Å². The Balaban J connectivity index is 2.01. The number of benzene rings is 2. The zero-order valence-electron chi connectivity index (χ0n) is 12.1. The molecule has 106 valence electrons. The summed E-state index contributed by atoms with van der Waals surface area (Å²) in [4.78, 5) is 0. The van der Waals surface area contributed by atoms with Gasteiger partial charge in [-0.15, -0.1) is 0 Å². The first-order valence-electron chi connectivity index (χ1n) is 6.80. The zero-order valence-corrected chi connectivity index (χ0v) is 12.1. The number of rotatable bonds is 5. The number of anilines is 1. The van der Waals surface area contributed by atoms with Crippen molar-refractivity contribution < 1.29 is 9.13 Å². The first-order chi connectivity index (χ1) is 9.54. The monoisotopic (exact) mass is 273 g/mol. The molecule has 0 spiro atoms. The minimum Gasteiger partial charge on any atom is -0.491 e. The number of ether oxygens (including phenoxy) is 1. The largest absolute Gasteiger partial charge is 0.491 e. The van der Waals surface area contributed by atoms with Gasteiger partial charge in [0.1, 0.15) is 11.6 Å². The number of hydrogen-bond acceptors (Lipinski definition) is 2. The van der Waals surface area contributed by atoms with Gasteiger partial charge in [-0.05, 0) is 56.2 Å². The van der Waals surface area contributed by atoms with E-state index in [1.807, 2.05) is 44.2 Å². The van der Waals surface area contributed by atoms with Crippen LogP contribution < -0.4 is 10.1 Å². The van der Waals surface area contributed by atoms with E-state index in [9.17, 15) is 4.39 Å². The van der Waals surface area contributed by atoms with Crippen molar-refractivity contribution >= 4 is 5.69 Å². The van der Waals surface area contributed by atoms with E-state index in [2.05, 4.69) is 5.32 Å². The van der Waals surface area contributed by atoms with Gasteiger partial charge in [-0.1, -0.05) is 18.2 Å². The van der Waals surface area contributed by atoms with E-state index in [0.29, 0.717) is 12.1 Å². The first-order valence-corrected chi connectivity index (χ1v) is 6.80. The zero-order chi connectivity index (χ0) is 14.5. The quantitative estimate of drug-likeness (QED) is 0.864. The third-order valence-corrected chi connectivity index (χ3v) is 2.94. The third-order valence-electron chi connectivity index (χ3n) is 2.94. The molecule has 20 heavy (non-hydrogen) atoms. The van der Waals surface area contributed by atoms with Gasteiger partial charge in [-0.3, -0.25) is 0 Å². The van der Waals surface area contributed by atoms with Gasteiger partial charge in [0.2, 0.25) is 0 Å². The molecule has 0 heterocycles. The molecular weight excluding hydrogens is 253 g/mol. The highest BCUT2D eigenvalue weighted by atomic mass is 19.1. The number of nitrogens with one attached hydrogen (secondary N) is 1. The predicted octanol–water partition coefficient (Wildman–Crippen LogP) is 4.53. The molecule has 2 aromatic rings. The van der Waals surface area contributed by atoms with Crippen molar-refractivity contribution in [3.05, 3.63) is 59.4 Å². The highest BCUT2D eigenvalue weighted by molar-refractivity contribution is 5.46. The van der Waals surface area contributed by atoms with Crippen LogP contribution in [0.3, 0.4) is 0 Å². The Hall–Kier alpha value is -2.03. The fourth-order valence-electron chi connectivity index (χ4n) is 1.91. The van der Waals surface area contributed by atoms with E-state index < -0.39 is 0 Å². The average Bonchev–Trinajstić information content (AvgIpc) is 2.40. The van der Waals surface area contributed by atoms with Crippen molar-refractivity contribution in [1.82, 2.24) is 0 Å². The third kappa shape index (κ3) is 3.98. The van der Waals surface area contributed by atoms with Gasteiger partial charge >= 0.3 is 0 Å². The molecule has 2 aromatic carbocycles. The topological polar surface area (TPSA) is 21.3 Å². The van der Waals surface area contributed by atoms with Crippen LogP contribution >= 0.6 is 0 Å².